The number of hydrogen-bond acceptors (Lipinski definition) is 3. The number of carbonyl (C=O) groups is 2. The standard InChI is InChI=1S/C21H20N2O2/c1-20(2,3)15-8-10-16(11-9-15)23-19(25)21(13-22)12-14-6-4-5-7-17(14)18(21)24/h4-11H,12H2,1-3H3,(H,23,25)/t21-/m1/s1. The largest absolute Gasteiger partial charge is 0.324 e. The smallest absolute Gasteiger partial charge is 0.253 e. The molecule has 25 heavy (non-hydrogen) atoms. The molecule has 0 radical (unpaired) electrons. The fourth-order valence-corrected chi connectivity index (χ4v) is 3.11. The third kappa shape index (κ3) is 2.83. The summed E-state index contributed by atoms with van der Waals surface area (Å²) < 4.78 is 0. The molecule has 0 heterocycles. The van der Waals surface area contributed by atoms with Crippen LogP contribution in [-0.4, -0.2) is 11.7 Å². The van der Waals surface area contributed by atoms with Gasteiger partial charge in [0.25, 0.3) is 5.91 Å². The van der Waals surface area contributed by atoms with Gasteiger partial charge < -0.3 is 5.32 Å². The predicted octanol–water partition coefficient (Wildman–Crippen LogP) is 3.87. The highest BCUT2D eigenvalue weighted by Crippen LogP contribution is 2.37. The topological polar surface area (TPSA) is 70.0 Å². The quantitative estimate of drug-likeness (QED) is 0.849. The van der Waals surface area contributed by atoms with E-state index in [2.05, 4.69) is 26.1 Å². The molecule has 4 nitrogen and oxygen atoms in total. The lowest BCUT2D eigenvalue weighted by Crippen LogP contribution is -2.40. The minimum absolute atomic E-state index is 0.0134. The Kier molecular flexibility index (Phi) is 3.96. The number of carbonyl (C=O) groups excluding carboxylic acids is 2. The van der Waals surface area contributed by atoms with Crippen molar-refractivity contribution >= 4 is 17.4 Å². The van der Waals surface area contributed by atoms with Gasteiger partial charge in [-0.25, -0.2) is 0 Å². The van der Waals surface area contributed by atoms with Gasteiger partial charge in [0, 0.05) is 17.7 Å². The highest BCUT2D eigenvalue weighted by atomic mass is 16.2. The summed E-state index contributed by atoms with van der Waals surface area (Å²) in [5.74, 6) is -0.992. The van der Waals surface area contributed by atoms with E-state index < -0.39 is 17.1 Å². The van der Waals surface area contributed by atoms with Crippen molar-refractivity contribution in [2.24, 2.45) is 5.41 Å². The van der Waals surface area contributed by atoms with Gasteiger partial charge >= 0.3 is 0 Å². The maximum absolute atomic E-state index is 12.8. The Bertz CT molecular complexity index is 885. The van der Waals surface area contributed by atoms with Crippen LogP contribution in [0.1, 0.15) is 42.3 Å². The third-order valence-electron chi connectivity index (χ3n) is 4.69. The summed E-state index contributed by atoms with van der Waals surface area (Å²) in [6, 6.07) is 16.5. The molecule has 0 saturated heterocycles. The van der Waals surface area contributed by atoms with Crippen LogP contribution >= 0.6 is 0 Å². The summed E-state index contributed by atoms with van der Waals surface area (Å²) in [7, 11) is 0. The molecule has 3 rings (SSSR count). The lowest BCUT2D eigenvalue weighted by atomic mass is 9.84. The Hall–Kier alpha value is -2.93. The van der Waals surface area contributed by atoms with Gasteiger partial charge in [0.2, 0.25) is 5.41 Å². The molecular weight excluding hydrogens is 312 g/mol. The number of fused-ring (bicyclic) bond motifs is 1. The Morgan fingerprint density at radius 1 is 1.12 bits per heavy atom. The molecule has 0 aliphatic heterocycles. The van der Waals surface area contributed by atoms with Crippen LogP contribution in [0.4, 0.5) is 5.69 Å². The molecule has 1 amide bonds. The van der Waals surface area contributed by atoms with E-state index in [1.165, 1.54) is 0 Å². The number of nitrogens with zero attached hydrogens (tertiary/aromatic N) is 1. The summed E-state index contributed by atoms with van der Waals surface area (Å²) in [4.78, 5) is 25.5. The number of rotatable bonds is 2. The van der Waals surface area contributed by atoms with Crippen molar-refractivity contribution in [3.05, 3.63) is 65.2 Å². The molecule has 0 unspecified atom stereocenters. The minimum Gasteiger partial charge on any atom is -0.324 e. The fraction of sp³-hybridized carbons (Fsp3) is 0.286. The van der Waals surface area contributed by atoms with Crippen LogP contribution in [0.5, 0.6) is 0 Å². The summed E-state index contributed by atoms with van der Waals surface area (Å²) in [6.07, 6.45) is 0.115. The van der Waals surface area contributed by atoms with Crippen molar-refractivity contribution in [2.75, 3.05) is 5.32 Å². The Morgan fingerprint density at radius 2 is 1.76 bits per heavy atom. The summed E-state index contributed by atoms with van der Waals surface area (Å²) >= 11 is 0. The molecule has 0 saturated carbocycles. The monoisotopic (exact) mass is 332 g/mol. The number of ketones is 1. The van der Waals surface area contributed by atoms with Gasteiger partial charge in [-0.05, 0) is 28.7 Å². The maximum Gasteiger partial charge on any atom is 0.253 e. The van der Waals surface area contributed by atoms with E-state index >= 15 is 0 Å². The number of benzene rings is 2. The zero-order valence-corrected chi connectivity index (χ0v) is 14.6. The van der Waals surface area contributed by atoms with Crippen LogP contribution in [-0.2, 0) is 16.6 Å². The SMILES string of the molecule is CC(C)(C)c1ccc(NC(=O)[C@@]2(C#N)Cc3ccccc3C2=O)cc1. The average Bonchev–Trinajstić information content (AvgIpc) is 2.88. The molecule has 0 spiro atoms. The maximum atomic E-state index is 12.8. The second-order valence-corrected chi connectivity index (χ2v) is 7.46. The van der Waals surface area contributed by atoms with E-state index in [4.69, 9.17) is 0 Å². The Balaban J connectivity index is 1.86. The predicted molar refractivity (Wildman–Crippen MR) is 96.3 cm³/mol. The second-order valence-electron chi connectivity index (χ2n) is 7.46. The number of amides is 1. The first kappa shape index (κ1) is 16.9. The highest BCUT2D eigenvalue weighted by molar-refractivity contribution is 6.22. The van der Waals surface area contributed by atoms with Crippen LogP contribution in [0.2, 0.25) is 0 Å². The van der Waals surface area contributed by atoms with Crippen LogP contribution < -0.4 is 5.32 Å². The van der Waals surface area contributed by atoms with Crippen molar-refractivity contribution in [1.82, 2.24) is 0 Å². The van der Waals surface area contributed by atoms with Gasteiger partial charge in [-0.15, -0.1) is 0 Å². The van der Waals surface area contributed by atoms with E-state index in [1.807, 2.05) is 24.3 Å². The van der Waals surface area contributed by atoms with Crippen molar-refractivity contribution in [2.45, 2.75) is 32.6 Å². The zero-order valence-electron chi connectivity index (χ0n) is 14.6. The summed E-state index contributed by atoms with van der Waals surface area (Å²) in [6.45, 7) is 6.33. The van der Waals surface area contributed by atoms with Crippen LogP contribution in [0.25, 0.3) is 0 Å². The molecule has 1 aliphatic rings. The Labute approximate surface area is 147 Å². The van der Waals surface area contributed by atoms with Crippen molar-refractivity contribution < 1.29 is 9.59 Å². The molecule has 0 aromatic heterocycles. The van der Waals surface area contributed by atoms with Crippen molar-refractivity contribution in [3.63, 3.8) is 0 Å². The van der Waals surface area contributed by atoms with Crippen molar-refractivity contribution in [1.29, 1.82) is 5.26 Å². The number of anilines is 1. The van der Waals surface area contributed by atoms with E-state index in [-0.39, 0.29) is 11.8 Å². The first-order valence-electron chi connectivity index (χ1n) is 8.24. The molecule has 2 aromatic rings. The van der Waals surface area contributed by atoms with E-state index in [9.17, 15) is 14.9 Å². The van der Waals surface area contributed by atoms with Crippen LogP contribution in [0.15, 0.2) is 48.5 Å². The van der Waals surface area contributed by atoms with Gasteiger partial charge in [-0.1, -0.05) is 57.2 Å². The number of Topliss-reactive ketones (excluding diaryl/α,β-unsaturated/α-hetero) is 1. The fourth-order valence-electron chi connectivity index (χ4n) is 3.11. The summed E-state index contributed by atoms with van der Waals surface area (Å²) in [5, 5.41) is 12.4. The van der Waals surface area contributed by atoms with E-state index in [1.54, 1.807) is 30.3 Å². The van der Waals surface area contributed by atoms with Gasteiger partial charge in [0.05, 0.1) is 6.07 Å². The first-order valence-corrected chi connectivity index (χ1v) is 8.24. The molecule has 1 N–H and O–H groups in total. The highest BCUT2D eigenvalue weighted by Gasteiger charge is 2.52. The van der Waals surface area contributed by atoms with Crippen LogP contribution in [0.3, 0.4) is 0 Å². The molecule has 4 heteroatoms. The van der Waals surface area contributed by atoms with Crippen LogP contribution in [0, 0.1) is 16.7 Å². The third-order valence-corrected chi connectivity index (χ3v) is 4.69. The summed E-state index contributed by atoms with van der Waals surface area (Å²) in [5.41, 5.74) is 1.25. The minimum atomic E-state index is -1.69. The number of nitrogens with one attached hydrogen (secondary N) is 1. The van der Waals surface area contributed by atoms with E-state index in [0.29, 0.717) is 11.3 Å². The average molecular weight is 332 g/mol. The molecule has 1 aliphatic carbocycles. The van der Waals surface area contributed by atoms with Gasteiger partial charge in [-0.2, -0.15) is 5.26 Å². The zero-order chi connectivity index (χ0) is 18.2. The lowest BCUT2D eigenvalue weighted by molar-refractivity contribution is -0.120. The number of nitriles is 1. The normalized spacial score (nSPS) is 19.2. The van der Waals surface area contributed by atoms with Gasteiger partial charge in [0.15, 0.2) is 5.78 Å². The molecule has 0 fully saturated rings. The van der Waals surface area contributed by atoms with Crippen molar-refractivity contribution in [3.8, 4) is 6.07 Å². The molecule has 2 aromatic carbocycles. The molecule has 0 bridgehead atoms. The lowest BCUT2D eigenvalue weighted by Gasteiger charge is -2.21. The molecule has 126 valence electrons. The molecule has 1 atom stereocenters. The second kappa shape index (κ2) is 5.86. The van der Waals surface area contributed by atoms with E-state index in [0.717, 1.165) is 11.1 Å². The Morgan fingerprint density at radius 3 is 2.32 bits per heavy atom. The molecular formula is C21H20N2O2. The van der Waals surface area contributed by atoms with Gasteiger partial charge in [-0.3, -0.25) is 9.59 Å². The van der Waals surface area contributed by atoms with Gasteiger partial charge in [0.1, 0.15) is 0 Å². The first-order chi connectivity index (χ1) is 11.8. The number of hydrogen-bond donors (Lipinski definition) is 1.